The summed E-state index contributed by atoms with van der Waals surface area (Å²) in [6.07, 6.45) is 1.64. The van der Waals surface area contributed by atoms with Crippen molar-refractivity contribution in [3.63, 3.8) is 0 Å². The Bertz CT molecular complexity index is 673. The first-order valence-electron chi connectivity index (χ1n) is 6.30. The number of carbonyl (C=O) groups excluding carboxylic acids is 1. The third kappa shape index (κ3) is 2.41. The highest BCUT2D eigenvalue weighted by Crippen LogP contribution is 2.34. The van der Waals surface area contributed by atoms with Crippen LogP contribution in [0.5, 0.6) is 5.75 Å². The van der Waals surface area contributed by atoms with E-state index in [-0.39, 0.29) is 11.8 Å². The zero-order valence-corrected chi connectivity index (χ0v) is 12.5. The van der Waals surface area contributed by atoms with Crippen LogP contribution in [0.4, 0.5) is 5.69 Å². The molecule has 1 aliphatic heterocycles. The molecule has 1 aliphatic rings. The van der Waals surface area contributed by atoms with Crippen LogP contribution in [0.2, 0.25) is 0 Å². The predicted octanol–water partition coefficient (Wildman–Crippen LogP) is 3.27. The number of hydrogen-bond acceptors (Lipinski definition) is 3. The van der Waals surface area contributed by atoms with Crippen LogP contribution in [0, 0.1) is 6.92 Å². The van der Waals surface area contributed by atoms with Crippen molar-refractivity contribution in [3.8, 4) is 5.75 Å². The van der Waals surface area contributed by atoms with Gasteiger partial charge in [-0.1, -0.05) is 18.2 Å². The fourth-order valence-corrected chi connectivity index (χ4v) is 2.45. The predicted molar refractivity (Wildman–Crippen MR) is 80.0 cm³/mol. The van der Waals surface area contributed by atoms with Gasteiger partial charge in [0.2, 0.25) is 5.91 Å². The average molecular weight is 333 g/mol. The zero-order chi connectivity index (χ0) is 14.1. The average Bonchev–Trinajstić information content (AvgIpc) is 2.87. The number of fused-ring (bicyclic) bond motifs is 1. The van der Waals surface area contributed by atoms with Gasteiger partial charge in [-0.2, -0.15) is 0 Å². The Kier molecular flexibility index (Phi) is 3.44. The van der Waals surface area contributed by atoms with E-state index < -0.39 is 0 Å². The minimum Gasteiger partial charge on any atom is -0.492 e. The molecule has 1 amide bonds. The maximum atomic E-state index is 12.3. The molecule has 2 heterocycles. The number of halogens is 1. The molecular formula is C15H13BrN2O2. The van der Waals surface area contributed by atoms with E-state index in [0.29, 0.717) is 12.3 Å². The van der Waals surface area contributed by atoms with Crippen LogP contribution < -0.4 is 10.1 Å². The molecule has 3 rings (SSSR count). The Morgan fingerprint density at radius 1 is 1.45 bits per heavy atom. The summed E-state index contributed by atoms with van der Waals surface area (Å²) >= 11 is 3.34. The van der Waals surface area contributed by atoms with Crippen molar-refractivity contribution >= 4 is 27.5 Å². The van der Waals surface area contributed by atoms with Crippen LogP contribution in [0.25, 0.3) is 0 Å². The number of ether oxygens (including phenoxy) is 1. The highest BCUT2D eigenvalue weighted by atomic mass is 79.9. The number of hydrogen-bond donors (Lipinski definition) is 1. The van der Waals surface area contributed by atoms with Crippen molar-refractivity contribution in [2.75, 3.05) is 11.9 Å². The van der Waals surface area contributed by atoms with Crippen LogP contribution in [0.1, 0.15) is 17.0 Å². The highest BCUT2D eigenvalue weighted by Gasteiger charge is 2.30. The monoisotopic (exact) mass is 332 g/mol. The number of aromatic nitrogens is 1. The fourth-order valence-electron chi connectivity index (χ4n) is 2.24. The number of nitrogens with one attached hydrogen (secondary N) is 1. The summed E-state index contributed by atoms with van der Waals surface area (Å²) in [6, 6.07) is 9.52. The summed E-state index contributed by atoms with van der Waals surface area (Å²) in [5.41, 5.74) is 2.61. The first-order chi connectivity index (χ1) is 9.65. The van der Waals surface area contributed by atoms with Crippen molar-refractivity contribution < 1.29 is 9.53 Å². The normalized spacial score (nSPS) is 16.4. The van der Waals surface area contributed by atoms with Crippen LogP contribution >= 0.6 is 15.9 Å². The molecular weight excluding hydrogens is 320 g/mol. The van der Waals surface area contributed by atoms with Crippen LogP contribution in [-0.4, -0.2) is 17.5 Å². The first kappa shape index (κ1) is 13.1. The van der Waals surface area contributed by atoms with Crippen molar-refractivity contribution in [1.82, 2.24) is 4.98 Å². The Morgan fingerprint density at radius 2 is 2.25 bits per heavy atom. The molecule has 2 aromatic rings. The Hall–Kier alpha value is -1.88. The van der Waals surface area contributed by atoms with E-state index >= 15 is 0 Å². The second kappa shape index (κ2) is 5.25. The third-order valence-corrected chi connectivity index (χ3v) is 4.13. The van der Waals surface area contributed by atoms with Crippen molar-refractivity contribution in [3.05, 3.63) is 52.3 Å². The Morgan fingerprint density at radius 3 is 3.05 bits per heavy atom. The number of carbonyl (C=O) groups is 1. The van der Waals surface area contributed by atoms with Gasteiger partial charge < -0.3 is 10.1 Å². The van der Waals surface area contributed by atoms with Gasteiger partial charge in [0.25, 0.3) is 0 Å². The van der Waals surface area contributed by atoms with E-state index in [1.165, 1.54) is 0 Å². The SMILES string of the molecule is Cc1cc(NC(=O)C2COc3ccccc32)cnc1Br. The molecule has 1 aromatic carbocycles. The van der Waals surface area contributed by atoms with Gasteiger partial charge in [0.1, 0.15) is 22.9 Å². The maximum Gasteiger partial charge on any atom is 0.235 e. The lowest BCUT2D eigenvalue weighted by molar-refractivity contribution is -0.117. The second-order valence-electron chi connectivity index (χ2n) is 4.72. The molecule has 20 heavy (non-hydrogen) atoms. The number of amides is 1. The quantitative estimate of drug-likeness (QED) is 0.858. The van der Waals surface area contributed by atoms with E-state index in [0.717, 1.165) is 21.5 Å². The van der Waals surface area contributed by atoms with Gasteiger partial charge in [0, 0.05) is 5.56 Å². The molecule has 4 nitrogen and oxygen atoms in total. The summed E-state index contributed by atoms with van der Waals surface area (Å²) < 4.78 is 6.31. The Balaban J connectivity index is 1.79. The van der Waals surface area contributed by atoms with Crippen molar-refractivity contribution in [2.24, 2.45) is 0 Å². The maximum absolute atomic E-state index is 12.3. The zero-order valence-electron chi connectivity index (χ0n) is 10.9. The van der Waals surface area contributed by atoms with Gasteiger partial charge in [0.05, 0.1) is 11.9 Å². The molecule has 0 saturated heterocycles. The third-order valence-electron chi connectivity index (χ3n) is 3.30. The molecule has 1 aromatic heterocycles. The van der Waals surface area contributed by atoms with E-state index in [2.05, 4.69) is 26.2 Å². The summed E-state index contributed by atoms with van der Waals surface area (Å²) in [7, 11) is 0. The van der Waals surface area contributed by atoms with E-state index in [9.17, 15) is 4.79 Å². The van der Waals surface area contributed by atoms with E-state index in [4.69, 9.17) is 4.74 Å². The minimum atomic E-state index is -0.268. The van der Waals surface area contributed by atoms with Crippen molar-refractivity contribution in [2.45, 2.75) is 12.8 Å². The lowest BCUT2D eigenvalue weighted by atomic mass is 10.0. The van der Waals surface area contributed by atoms with Gasteiger partial charge in [0.15, 0.2) is 0 Å². The second-order valence-corrected chi connectivity index (χ2v) is 5.47. The number of pyridine rings is 1. The summed E-state index contributed by atoms with van der Waals surface area (Å²) in [5.74, 6) is 0.450. The molecule has 0 bridgehead atoms. The number of anilines is 1. The molecule has 0 spiro atoms. The number of para-hydroxylation sites is 1. The minimum absolute atomic E-state index is 0.0709. The highest BCUT2D eigenvalue weighted by molar-refractivity contribution is 9.10. The number of benzene rings is 1. The summed E-state index contributed by atoms with van der Waals surface area (Å²) in [5, 5.41) is 2.89. The number of aryl methyl sites for hydroxylation is 1. The first-order valence-corrected chi connectivity index (χ1v) is 7.09. The molecule has 0 aliphatic carbocycles. The molecule has 5 heteroatoms. The van der Waals surface area contributed by atoms with Crippen LogP contribution in [0.15, 0.2) is 41.1 Å². The van der Waals surface area contributed by atoms with Gasteiger partial charge in [-0.05, 0) is 40.5 Å². The van der Waals surface area contributed by atoms with Crippen LogP contribution in [-0.2, 0) is 4.79 Å². The van der Waals surface area contributed by atoms with Gasteiger partial charge >= 0.3 is 0 Å². The number of nitrogens with zero attached hydrogens (tertiary/aromatic N) is 1. The van der Waals surface area contributed by atoms with Crippen molar-refractivity contribution in [1.29, 1.82) is 0 Å². The standard InChI is InChI=1S/C15H13BrN2O2/c1-9-6-10(7-17-14(9)16)18-15(19)12-8-20-13-5-3-2-4-11(12)13/h2-7,12H,8H2,1H3,(H,18,19). The number of rotatable bonds is 2. The fraction of sp³-hybridized carbons (Fsp3) is 0.200. The molecule has 0 fully saturated rings. The molecule has 102 valence electrons. The molecule has 1 atom stereocenters. The van der Waals surface area contributed by atoms with Gasteiger partial charge in [-0.25, -0.2) is 4.98 Å². The largest absolute Gasteiger partial charge is 0.492 e. The Labute approximate surface area is 125 Å². The van der Waals surface area contributed by atoms with E-state index in [1.807, 2.05) is 37.3 Å². The molecule has 0 radical (unpaired) electrons. The summed E-state index contributed by atoms with van der Waals surface area (Å²) in [4.78, 5) is 16.5. The molecule has 0 saturated carbocycles. The topological polar surface area (TPSA) is 51.2 Å². The molecule has 1 N–H and O–H groups in total. The van der Waals surface area contributed by atoms with Gasteiger partial charge in [-0.3, -0.25) is 4.79 Å². The lowest BCUT2D eigenvalue weighted by Crippen LogP contribution is -2.22. The molecule has 1 unspecified atom stereocenters. The smallest absolute Gasteiger partial charge is 0.235 e. The summed E-state index contributed by atoms with van der Waals surface area (Å²) in [6.45, 7) is 2.31. The van der Waals surface area contributed by atoms with E-state index in [1.54, 1.807) is 6.20 Å². The lowest BCUT2D eigenvalue weighted by Gasteiger charge is -2.10. The van der Waals surface area contributed by atoms with Gasteiger partial charge in [-0.15, -0.1) is 0 Å². The van der Waals surface area contributed by atoms with Crippen LogP contribution in [0.3, 0.4) is 0 Å².